The first-order valence-corrected chi connectivity index (χ1v) is 6.40. The van der Waals surface area contributed by atoms with E-state index in [1.807, 2.05) is 6.26 Å². The highest BCUT2D eigenvalue weighted by atomic mass is 32.2. The number of hydrogen-bond donors (Lipinski definition) is 1. The highest BCUT2D eigenvalue weighted by Gasteiger charge is 2.08. The molecular formula is C8H8F2N4S2. The molecule has 0 bridgehead atoms. The van der Waals surface area contributed by atoms with Crippen LogP contribution in [0.15, 0.2) is 23.5 Å². The molecule has 0 aliphatic rings. The third-order valence-electron chi connectivity index (χ3n) is 1.78. The predicted octanol–water partition coefficient (Wildman–Crippen LogP) is 2.73. The molecule has 0 spiro atoms. The molecule has 2 aromatic rings. The topological polar surface area (TPSA) is 42.2 Å². The van der Waals surface area contributed by atoms with Gasteiger partial charge in [0.1, 0.15) is 0 Å². The first kappa shape index (κ1) is 11.5. The largest absolute Gasteiger partial charge is 0.308 e. The van der Waals surface area contributed by atoms with Gasteiger partial charge in [0.2, 0.25) is 0 Å². The van der Waals surface area contributed by atoms with Crippen molar-refractivity contribution in [2.45, 2.75) is 10.9 Å². The first-order chi connectivity index (χ1) is 7.70. The van der Waals surface area contributed by atoms with Gasteiger partial charge in [-0.1, -0.05) is 11.8 Å². The third-order valence-corrected chi connectivity index (χ3v) is 2.93. The average molecular weight is 262 g/mol. The second-order valence-electron chi connectivity index (χ2n) is 2.78. The number of fused-ring (bicyclic) bond motifs is 1. The van der Waals surface area contributed by atoms with Crippen LogP contribution in [0.3, 0.4) is 0 Å². The van der Waals surface area contributed by atoms with Crippen molar-refractivity contribution in [1.82, 2.24) is 14.6 Å². The van der Waals surface area contributed by atoms with E-state index in [1.54, 1.807) is 22.8 Å². The Bertz CT molecular complexity index is 488. The lowest BCUT2D eigenvalue weighted by Crippen LogP contribution is -1.96. The number of aromatic nitrogens is 3. The fourth-order valence-corrected chi connectivity index (χ4v) is 1.99. The summed E-state index contributed by atoms with van der Waals surface area (Å²) in [4.78, 5) is 4.11. The summed E-state index contributed by atoms with van der Waals surface area (Å²) >= 11 is 1.77. The Balaban J connectivity index is 2.29. The van der Waals surface area contributed by atoms with Gasteiger partial charge in [-0.05, 0) is 12.3 Å². The molecule has 8 heteroatoms. The zero-order valence-corrected chi connectivity index (χ0v) is 9.86. The van der Waals surface area contributed by atoms with Crippen LogP contribution in [0.1, 0.15) is 0 Å². The number of hydrogen-bond acceptors (Lipinski definition) is 5. The number of nitrogens with one attached hydrogen (secondary N) is 1. The van der Waals surface area contributed by atoms with Crippen molar-refractivity contribution in [3.8, 4) is 0 Å². The molecule has 1 N–H and O–H groups in total. The maximum atomic E-state index is 12.0. The number of rotatable bonds is 4. The van der Waals surface area contributed by atoms with Crippen molar-refractivity contribution < 1.29 is 8.78 Å². The van der Waals surface area contributed by atoms with Gasteiger partial charge in [-0.2, -0.15) is 8.78 Å². The van der Waals surface area contributed by atoms with Crippen LogP contribution in [-0.2, 0) is 0 Å². The van der Waals surface area contributed by atoms with E-state index in [4.69, 9.17) is 0 Å². The van der Waals surface area contributed by atoms with Gasteiger partial charge in [0.15, 0.2) is 11.0 Å². The molecule has 86 valence electrons. The Morgan fingerprint density at radius 2 is 2.31 bits per heavy atom. The molecule has 2 heterocycles. The maximum absolute atomic E-state index is 12.0. The fourth-order valence-electron chi connectivity index (χ4n) is 1.19. The minimum Gasteiger partial charge on any atom is -0.308 e. The van der Waals surface area contributed by atoms with E-state index in [0.29, 0.717) is 22.9 Å². The van der Waals surface area contributed by atoms with E-state index in [-0.39, 0.29) is 0 Å². The van der Waals surface area contributed by atoms with Crippen molar-refractivity contribution in [3.05, 3.63) is 18.3 Å². The minimum absolute atomic E-state index is 0.327. The van der Waals surface area contributed by atoms with E-state index in [2.05, 4.69) is 14.8 Å². The smallest absolute Gasteiger partial charge is 0.302 e. The van der Waals surface area contributed by atoms with E-state index in [0.717, 1.165) is 5.52 Å². The van der Waals surface area contributed by atoms with Crippen LogP contribution in [0.2, 0.25) is 0 Å². The molecule has 0 radical (unpaired) electrons. The minimum atomic E-state index is -2.47. The van der Waals surface area contributed by atoms with Gasteiger partial charge in [-0.15, -0.1) is 5.10 Å². The Labute approximate surface area is 98.9 Å². The molecule has 0 saturated heterocycles. The monoisotopic (exact) mass is 262 g/mol. The predicted molar refractivity (Wildman–Crippen MR) is 62.0 cm³/mol. The lowest BCUT2D eigenvalue weighted by molar-refractivity contribution is 0.252. The summed E-state index contributed by atoms with van der Waals surface area (Å²) in [5.41, 5.74) is 0.816. The Hall–Kier alpha value is -1.02. The van der Waals surface area contributed by atoms with Gasteiger partial charge >= 0.3 is 5.76 Å². The summed E-state index contributed by atoms with van der Waals surface area (Å²) in [6, 6.07) is 3.46. The number of anilines is 1. The number of nitrogens with zero attached hydrogens (tertiary/aromatic N) is 3. The molecular weight excluding hydrogens is 254 g/mol. The third kappa shape index (κ3) is 2.38. The number of halogens is 2. The Kier molecular flexibility index (Phi) is 3.49. The van der Waals surface area contributed by atoms with Crippen LogP contribution < -0.4 is 4.72 Å². The normalized spacial score (nSPS) is 11.2. The molecule has 0 aliphatic heterocycles. The summed E-state index contributed by atoms with van der Waals surface area (Å²) in [5.74, 6) is -2.07. The highest BCUT2D eigenvalue weighted by molar-refractivity contribution is 8.00. The van der Waals surface area contributed by atoms with Crippen LogP contribution in [0.25, 0.3) is 5.52 Å². The standard InChI is InChI=1S/C8H8F2N4S2/c1-15-8-11-3-2-5-4-6(12-14(5)8)13-16-7(9)10/h2-4,7H,1H3,(H,12,13). The summed E-state index contributed by atoms with van der Waals surface area (Å²) in [6.45, 7) is 0. The van der Waals surface area contributed by atoms with Crippen LogP contribution in [0, 0.1) is 0 Å². The van der Waals surface area contributed by atoms with Gasteiger partial charge in [-0.25, -0.2) is 9.50 Å². The molecule has 2 rings (SSSR count). The second-order valence-corrected chi connectivity index (χ2v) is 4.35. The van der Waals surface area contributed by atoms with E-state index >= 15 is 0 Å². The van der Waals surface area contributed by atoms with Crippen LogP contribution in [0.4, 0.5) is 14.6 Å². The summed E-state index contributed by atoms with van der Waals surface area (Å²) < 4.78 is 28.0. The zero-order valence-electron chi connectivity index (χ0n) is 8.22. The van der Waals surface area contributed by atoms with Gasteiger partial charge in [0.25, 0.3) is 0 Å². The molecule has 0 amide bonds. The van der Waals surface area contributed by atoms with Crippen LogP contribution in [0.5, 0.6) is 0 Å². The van der Waals surface area contributed by atoms with Crippen molar-refractivity contribution in [2.24, 2.45) is 0 Å². The molecule has 2 aromatic heterocycles. The average Bonchev–Trinajstić information content (AvgIpc) is 2.68. The molecule has 0 saturated carbocycles. The van der Waals surface area contributed by atoms with E-state index in [9.17, 15) is 8.78 Å². The van der Waals surface area contributed by atoms with Gasteiger partial charge in [-0.3, -0.25) is 0 Å². The van der Waals surface area contributed by atoms with Gasteiger partial charge < -0.3 is 4.72 Å². The van der Waals surface area contributed by atoms with Crippen molar-refractivity contribution in [3.63, 3.8) is 0 Å². The van der Waals surface area contributed by atoms with Gasteiger partial charge in [0.05, 0.1) is 5.52 Å². The van der Waals surface area contributed by atoms with Crippen LogP contribution >= 0.6 is 23.7 Å². The van der Waals surface area contributed by atoms with Crippen molar-refractivity contribution in [2.75, 3.05) is 11.0 Å². The molecule has 0 fully saturated rings. The number of thioether (sulfide) groups is 1. The first-order valence-electron chi connectivity index (χ1n) is 4.29. The lowest BCUT2D eigenvalue weighted by Gasteiger charge is -1.99. The van der Waals surface area contributed by atoms with E-state index < -0.39 is 5.76 Å². The summed E-state index contributed by atoms with van der Waals surface area (Å²) in [5, 5.41) is 4.84. The number of alkyl halides is 2. The highest BCUT2D eigenvalue weighted by Crippen LogP contribution is 2.21. The molecule has 4 nitrogen and oxygen atoms in total. The van der Waals surface area contributed by atoms with Crippen LogP contribution in [-0.4, -0.2) is 26.6 Å². The Morgan fingerprint density at radius 3 is 3.00 bits per heavy atom. The molecule has 16 heavy (non-hydrogen) atoms. The maximum Gasteiger partial charge on any atom is 0.302 e. The lowest BCUT2D eigenvalue weighted by atomic mass is 10.5. The van der Waals surface area contributed by atoms with Gasteiger partial charge in [0, 0.05) is 24.2 Å². The van der Waals surface area contributed by atoms with Crippen molar-refractivity contribution >= 4 is 35.0 Å². The summed E-state index contributed by atoms with van der Waals surface area (Å²) in [6.07, 6.45) is 3.54. The van der Waals surface area contributed by atoms with Crippen molar-refractivity contribution in [1.29, 1.82) is 0 Å². The quantitative estimate of drug-likeness (QED) is 0.521. The Morgan fingerprint density at radius 1 is 1.50 bits per heavy atom. The molecule has 0 atom stereocenters. The summed E-state index contributed by atoms with van der Waals surface area (Å²) in [7, 11) is 0. The van der Waals surface area contributed by atoms with E-state index in [1.165, 1.54) is 11.8 Å². The second kappa shape index (κ2) is 4.88. The fraction of sp³-hybridized carbons (Fsp3) is 0.250. The SMILES string of the molecule is CSc1nccc2cc(NSC(F)F)nn12. The molecule has 0 unspecified atom stereocenters. The zero-order chi connectivity index (χ0) is 11.5. The molecule has 0 aliphatic carbocycles. The molecule has 0 aromatic carbocycles.